The molecule has 0 spiro atoms. The minimum atomic E-state index is -4.14. The van der Waals surface area contributed by atoms with Crippen LogP contribution in [0.3, 0.4) is 0 Å². The van der Waals surface area contributed by atoms with Gasteiger partial charge in [-0.05, 0) is 68.4 Å². The first-order chi connectivity index (χ1) is 16.1. The van der Waals surface area contributed by atoms with Gasteiger partial charge in [0.15, 0.2) is 0 Å². The van der Waals surface area contributed by atoms with E-state index in [0.717, 1.165) is 22.0 Å². The molecule has 0 radical (unpaired) electrons. The Bertz CT molecular complexity index is 1300. The summed E-state index contributed by atoms with van der Waals surface area (Å²) in [4.78, 5) is 24.7. The van der Waals surface area contributed by atoms with Gasteiger partial charge >= 0.3 is 5.97 Å². The van der Waals surface area contributed by atoms with Crippen LogP contribution in [0.1, 0.15) is 22.8 Å². The molecule has 3 rings (SSSR count). The van der Waals surface area contributed by atoms with Crippen LogP contribution < -0.4 is 9.62 Å². The van der Waals surface area contributed by atoms with Crippen molar-refractivity contribution < 1.29 is 27.1 Å². The first-order valence-corrected chi connectivity index (χ1v) is 12.0. The summed E-state index contributed by atoms with van der Waals surface area (Å²) in [5.74, 6) is -1.81. The maximum absolute atomic E-state index is 13.4. The zero-order valence-electron chi connectivity index (χ0n) is 18.4. The number of hydrogen-bond acceptors (Lipinski definition) is 5. The fraction of sp³-hybridized carbons (Fsp3) is 0.167. The van der Waals surface area contributed by atoms with E-state index < -0.39 is 34.3 Å². The van der Waals surface area contributed by atoms with E-state index in [1.165, 1.54) is 42.5 Å². The third-order valence-corrected chi connectivity index (χ3v) is 6.86. The highest BCUT2D eigenvalue weighted by molar-refractivity contribution is 7.92. The predicted molar refractivity (Wildman–Crippen MR) is 128 cm³/mol. The summed E-state index contributed by atoms with van der Waals surface area (Å²) in [7, 11) is -4.14. The first-order valence-electron chi connectivity index (χ1n) is 10.2. The Labute approximate surface area is 202 Å². The van der Waals surface area contributed by atoms with Crippen molar-refractivity contribution in [2.75, 3.05) is 22.8 Å². The van der Waals surface area contributed by atoms with Crippen LogP contribution in [0.4, 0.5) is 15.8 Å². The third kappa shape index (κ3) is 5.92. The van der Waals surface area contributed by atoms with E-state index >= 15 is 0 Å². The lowest BCUT2D eigenvalue weighted by molar-refractivity contribution is -0.114. The van der Waals surface area contributed by atoms with Gasteiger partial charge in [-0.15, -0.1) is 0 Å². The second kappa shape index (κ2) is 10.7. The average Bonchev–Trinajstić information content (AvgIpc) is 2.78. The summed E-state index contributed by atoms with van der Waals surface area (Å²) in [6.45, 7) is 3.08. The number of sulfonamides is 1. The van der Waals surface area contributed by atoms with Crippen LogP contribution in [0.25, 0.3) is 0 Å². The Balaban J connectivity index is 1.87. The van der Waals surface area contributed by atoms with Crippen molar-refractivity contribution >= 4 is 44.9 Å². The molecule has 34 heavy (non-hydrogen) atoms. The zero-order valence-corrected chi connectivity index (χ0v) is 20.0. The van der Waals surface area contributed by atoms with Crippen LogP contribution in [0.5, 0.6) is 0 Å². The van der Waals surface area contributed by atoms with Crippen molar-refractivity contribution in [3.8, 4) is 0 Å². The molecule has 0 bridgehead atoms. The molecule has 0 saturated carbocycles. The Hall–Kier alpha value is -3.43. The normalized spacial score (nSPS) is 11.1. The number of carbonyl (C=O) groups excluding carboxylic acids is 2. The number of nitrogens with zero attached hydrogens (tertiary/aromatic N) is 1. The minimum Gasteiger partial charge on any atom is -0.462 e. The van der Waals surface area contributed by atoms with Crippen molar-refractivity contribution in [3.63, 3.8) is 0 Å². The first kappa shape index (κ1) is 25.2. The highest BCUT2D eigenvalue weighted by Gasteiger charge is 2.27. The lowest BCUT2D eigenvalue weighted by atomic mass is 10.2. The summed E-state index contributed by atoms with van der Waals surface area (Å²) in [6.07, 6.45) is 0. The molecule has 0 aliphatic rings. The molecule has 0 aliphatic heterocycles. The van der Waals surface area contributed by atoms with E-state index in [4.69, 9.17) is 16.3 Å². The minimum absolute atomic E-state index is 0.0166. The Morgan fingerprint density at radius 1 is 1.03 bits per heavy atom. The number of amides is 1. The Morgan fingerprint density at radius 2 is 1.68 bits per heavy atom. The van der Waals surface area contributed by atoms with Gasteiger partial charge in [-0.3, -0.25) is 9.10 Å². The number of aryl methyl sites for hydroxylation is 1. The number of hydrogen-bond donors (Lipinski definition) is 1. The fourth-order valence-corrected chi connectivity index (χ4v) is 4.74. The molecule has 0 atom stereocenters. The maximum Gasteiger partial charge on any atom is 0.339 e. The SMILES string of the molecule is CCOC(=O)c1ccc(NC(=O)CN(c2ccc(F)cc2)S(=O)(=O)c2ccc(C)cc2)cc1Cl. The lowest BCUT2D eigenvalue weighted by Gasteiger charge is -2.24. The van der Waals surface area contributed by atoms with Gasteiger partial charge in [-0.25, -0.2) is 17.6 Å². The maximum atomic E-state index is 13.4. The molecular formula is C24H22ClFN2O5S. The monoisotopic (exact) mass is 504 g/mol. The molecule has 0 aliphatic carbocycles. The van der Waals surface area contributed by atoms with E-state index in [0.29, 0.717) is 0 Å². The summed E-state index contributed by atoms with van der Waals surface area (Å²) >= 11 is 6.13. The molecule has 3 aromatic carbocycles. The number of benzene rings is 3. The van der Waals surface area contributed by atoms with E-state index in [-0.39, 0.29) is 33.5 Å². The molecule has 0 fully saturated rings. The topological polar surface area (TPSA) is 92.8 Å². The van der Waals surface area contributed by atoms with Gasteiger partial charge in [0, 0.05) is 5.69 Å². The van der Waals surface area contributed by atoms with Crippen LogP contribution in [0.2, 0.25) is 5.02 Å². The molecular weight excluding hydrogens is 483 g/mol. The van der Waals surface area contributed by atoms with Crippen LogP contribution in [-0.4, -0.2) is 33.4 Å². The van der Waals surface area contributed by atoms with Crippen molar-refractivity contribution in [1.82, 2.24) is 0 Å². The van der Waals surface area contributed by atoms with Crippen molar-refractivity contribution in [2.45, 2.75) is 18.7 Å². The molecule has 0 aromatic heterocycles. The third-order valence-electron chi connectivity index (χ3n) is 4.76. The Morgan fingerprint density at radius 3 is 2.26 bits per heavy atom. The number of halogens is 2. The second-order valence-corrected chi connectivity index (χ2v) is 9.53. The summed E-state index contributed by atoms with van der Waals surface area (Å²) in [5, 5.41) is 2.64. The number of carbonyl (C=O) groups is 2. The molecule has 1 amide bonds. The van der Waals surface area contributed by atoms with E-state index in [1.807, 2.05) is 6.92 Å². The quantitative estimate of drug-likeness (QED) is 0.445. The number of ether oxygens (including phenoxy) is 1. The molecule has 0 unspecified atom stereocenters. The largest absolute Gasteiger partial charge is 0.462 e. The number of rotatable bonds is 8. The standard InChI is InChI=1S/C24H22ClFN2O5S/c1-3-33-24(30)21-13-8-18(14-22(21)25)27-23(29)15-28(19-9-6-17(26)7-10-19)34(31,32)20-11-4-16(2)5-12-20/h4-14H,3,15H2,1-2H3,(H,27,29). The van der Waals surface area contributed by atoms with Crippen LogP contribution in [-0.2, 0) is 19.6 Å². The molecule has 178 valence electrons. The summed E-state index contributed by atoms with van der Waals surface area (Å²) < 4.78 is 45.9. The highest BCUT2D eigenvalue weighted by Crippen LogP contribution is 2.25. The van der Waals surface area contributed by atoms with E-state index in [9.17, 15) is 22.4 Å². The highest BCUT2D eigenvalue weighted by atomic mass is 35.5. The van der Waals surface area contributed by atoms with Gasteiger partial charge in [-0.2, -0.15) is 0 Å². The van der Waals surface area contributed by atoms with E-state index in [1.54, 1.807) is 19.1 Å². The number of esters is 1. The lowest BCUT2D eigenvalue weighted by Crippen LogP contribution is -2.38. The summed E-state index contributed by atoms with van der Waals surface area (Å²) in [6, 6.07) is 15.1. The van der Waals surface area contributed by atoms with Crippen molar-refractivity contribution in [2.24, 2.45) is 0 Å². The van der Waals surface area contributed by atoms with Crippen LogP contribution in [0, 0.1) is 12.7 Å². The molecule has 7 nitrogen and oxygen atoms in total. The van der Waals surface area contributed by atoms with Crippen LogP contribution in [0.15, 0.2) is 71.6 Å². The van der Waals surface area contributed by atoms with Gasteiger partial charge in [0.2, 0.25) is 5.91 Å². The second-order valence-electron chi connectivity index (χ2n) is 7.26. The number of anilines is 2. The van der Waals surface area contributed by atoms with Gasteiger partial charge in [-0.1, -0.05) is 29.3 Å². The zero-order chi connectivity index (χ0) is 24.9. The summed E-state index contributed by atoms with van der Waals surface area (Å²) in [5.41, 5.74) is 1.38. The number of nitrogens with one attached hydrogen (secondary N) is 1. The van der Waals surface area contributed by atoms with E-state index in [2.05, 4.69) is 5.32 Å². The fourth-order valence-electron chi connectivity index (χ4n) is 3.06. The smallest absolute Gasteiger partial charge is 0.339 e. The van der Waals surface area contributed by atoms with Gasteiger partial charge in [0.1, 0.15) is 12.4 Å². The van der Waals surface area contributed by atoms with Crippen molar-refractivity contribution in [3.05, 3.63) is 88.7 Å². The van der Waals surface area contributed by atoms with Crippen LogP contribution >= 0.6 is 11.6 Å². The molecule has 10 heteroatoms. The Kier molecular flexibility index (Phi) is 7.90. The van der Waals surface area contributed by atoms with Crippen molar-refractivity contribution in [1.29, 1.82) is 0 Å². The van der Waals surface area contributed by atoms with Gasteiger partial charge in [0.05, 0.1) is 27.8 Å². The van der Waals surface area contributed by atoms with Gasteiger partial charge < -0.3 is 10.1 Å². The molecule has 0 heterocycles. The average molecular weight is 505 g/mol. The molecule has 3 aromatic rings. The predicted octanol–water partition coefficient (Wildman–Crippen LogP) is 4.80. The molecule has 1 N–H and O–H groups in total. The van der Waals surface area contributed by atoms with Gasteiger partial charge in [0.25, 0.3) is 10.0 Å². The molecule has 0 saturated heterocycles.